The fraction of sp³-hybridized carbons (Fsp3) is 0.133. The quantitative estimate of drug-likeness (QED) is 0.935. The lowest BCUT2D eigenvalue weighted by atomic mass is 10.1. The molecule has 1 aromatic carbocycles. The Kier molecular flexibility index (Phi) is 3.35. The van der Waals surface area contributed by atoms with E-state index in [9.17, 15) is 14.0 Å². The molecule has 0 unspecified atom stereocenters. The fourth-order valence-electron chi connectivity index (χ4n) is 2.26. The number of nitrogens with zero attached hydrogens (tertiary/aromatic N) is 2. The predicted molar refractivity (Wildman–Crippen MR) is 74.0 cm³/mol. The lowest BCUT2D eigenvalue weighted by molar-refractivity contribution is -0.117. The smallest absolute Gasteiger partial charge is 0.254 e. The molecule has 0 atom stereocenters. The van der Waals surface area contributed by atoms with Gasteiger partial charge in [0.05, 0.1) is 0 Å². The molecular weight excluding hydrogens is 273 g/mol. The van der Waals surface area contributed by atoms with E-state index in [-0.39, 0.29) is 18.3 Å². The van der Waals surface area contributed by atoms with Crippen molar-refractivity contribution in [2.45, 2.75) is 6.54 Å². The maximum atomic E-state index is 13.4. The van der Waals surface area contributed by atoms with Crippen molar-refractivity contribution in [2.75, 3.05) is 11.9 Å². The van der Waals surface area contributed by atoms with Gasteiger partial charge in [-0.15, -0.1) is 0 Å². The van der Waals surface area contributed by atoms with Crippen LogP contribution in [-0.2, 0) is 11.3 Å². The van der Waals surface area contributed by atoms with Crippen molar-refractivity contribution in [3.05, 3.63) is 59.5 Å². The molecule has 2 amide bonds. The molecule has 0 radical (unpaired) electrons. The lowest BCUT2D eigenvalue weighted by Gasteiger charge is -2.15. The average Bonchev–Trinajstić information content (AvgIpc) is 2.78. The van der Waals surface area contributed by atoms with Crippen LogP contribution in [0.5, 0.6) is 0 Å². The Morgan fingerprint density at radius 2 is 2.10 bits per heavy atom. The molecule has 1 aliphatic heterocycles. The number of benzene rings is 1. The van der Waals surface area contributed by atoms with Crippen LogP contribution in [0.4, 0.5) is 10.2 Å². The van der Waals surface area contributed by atoms with Crippen LogP contribution >= 0.6 is 0 Å². The molecule has 0 aliphatic carbocycles. The van der Waals surface area contributed by atoms with Crippen molar-refractivity contribution >= 4 is 17.6 Å². The summed E-state index contributed by atoms with van der Waals surface area (Å²) in [7, 11) is 0. The van der Waals surface area contributed by atoms with Gasteiger partial charge in [-0.3, -0.25) is 9.59 Å². The van der Waals surface area contributed by atoms with E-state index in [1.165, 1.54) is 23.2 Å². The molecule has 0 saturated carbocycles. The first-order chi connectivity index (χ1) is 10.1. The zero-order valence-corrected chi connectivity index (χ0v) is 11.0. The van der Waals surface area contributed by atoms with Gasteiger partial charge in [0.15, 0.2) is 11.6 Å². The van der Waals surface area contributed by atoms with Gasteiger partial charge >= 0.3 is 0 Å². The molecule has 5 nitrogen and oxygen atoms in total. The van der Waals surface area contributed by atoms with Gasteiger partial charge in [0.2, 0.25) is 5.91 Å². The minimum Gasteiger partial charge on any atom is -0.325 e. The summed E-state index contributed by atoms with van der Waals surface area (Å²) < 4.78 is 13.4. The van der Waals surface area contributed by atoms with Crippen LogP contribution in [0.3, 0.4) is 0 Å². The molecule has 0 bridgehead atoms. The summed E-state index contributed by atoms with van der Waals surface area (Å²) in [5.41, 5.74) is 1.49. The van der Waals surface area contributed by atoms with Gasteiger partial charge in [-0.05, 0) is 23.8 Å². The minimum atomic E-state index is -0.609. The van der Waals surface area contributed by atoms with E-state index in [4.69, 9.17) is 0 Å². The van der Waals surface area contributed by atoms with Gasteiger partial charge in [-0.25, -0.2) is 9.37 Å². The SMILES string of the molecule is O=C(CN1Cc2ccccc2C1=O)Nc1ncccc1F. The Hall–Kier alpha value is -2.76. The van der Waals surface area contributed by atoms with E-state index in [1.807, 2.05) is 12.1 Å². The maximum Gasteiger partial charge on any atom is 0.254 e. The number of hydrogen-bond donors (Lipinski definition) is 1. The molecule has 1 aromatic heterocycles. The molecule has 1 N–H and O–H groups in total. The standard InChI is InChI=1S/C15H12FN3O2/c16-12-6-3-7-17-14(12)18-13(20)9-19-8-10-4-1-2-5-11(10)15(19)21/h1-7H,8-9H2,(H,17,18,20). The first-order valence-corrected chi connectivity index (χ1v) is 6.42. The highest BCUT2D eigenvalue weighted by molar-refractivity contribution is 6.01. The number of halogens is 1. The van der Waals surface area contributed by atoms with E-state index in [0.29, 0.717) is 12.1 Å². The molecule has 6 heteroatoms. The highest BCUT2D eigenvalue weighted by Gasteiger charge is 2.28. The second-order valence-electron chi connectivity index (χ2n) is 4.70. The normalized spacial score (nSPS) is 13.2. The highest BCUT2D eigenvalue weighted by Crippen LogP contribution is 2.22. The van der Waals surface area contributed by atoms with E-state index in [2.05, 4.69) is 10.3 Å². The van der Waals surface area contributed by atoms with Crippen LogP contribution in [0.25, 0.3) is 0 Å². The zero-order chi connectivity index (χ0) is 14.8. The number of rotatable bonds is 3. The molecule has 1 aliphatic rings. The zero-order valence-electron chi connectivity index (χ0n) is 11.0. The number of amides is 2. The Bertz CT molecular complexity index is 718. The Labute approximate surface area is 120 Å². The second kappa shape index (κ2) is 5.32. The van der Waals surface area contributed by atoms with Gasteiger partial charge in [0, 0.05) is 18.3 Å². The average molecular weight is 285 g/mol. The van der Waals surface area contributed by atoms with Gasteiger partial charge in [-0.1, -0.05) is 18.2 Å². The van der Waals surface area contributed by atoms with Crippen molar-refractivity contribution in [3.63, 3.8) is 0 Å². The third-order valence-electron chi connectivity index (χ3n) is 3.25. The molecule has 2 aromatic rings. The number of fused-ring (bicyclic) bond motifs is 1. The first kappa shape index (κ1) is 13.2. The molecule has 3 rings (SSSR count). The summed E-state index contributed by atoms with van der Waals surface area (Å²) >= 11 is 0. The van der Waals surface area contributed by atoms with Crippen molar-refractivity contribution < 1.29 is 14.0 Å². The second-order valence-corrected chi connectivity index (χ2v) is 4.70. The molecule has 106 valence electrons. The first-order valence-electron chi connectivity index (χ1n) is 6.42. The van der Waals surface area contributed by atoms with Crippen molar-refractivity contribution in [1.82, 2.24) is 9.88 Å². The summed E-state index contributed by atoms with van der Waals surface area (Å²) in [5, 5.41) is 2.37. The van der Waals surface area contributed by atoms with E-state index in [0.717, 1.165) is 5.56 Å². The third kappa shape index (κ3) is 2.60. The van der Waals surface area contributed by atoms with Gasteiger partial charge < -0.3 is 10.2 Å². The number of anilines is 1. The third-order valence-corrected chi connectivity index (χ3v) is 3.25. The van der Waals surface area contributed by atoms with E-state index in [1.54, 1.807) is 12.1 Å². The number of aromatic nitrogens is 1. The topological polar surface area (TPSA) is 62.3 Å². The predicted octanol–water partition coefficient (Wildman–Crippen LogP) is 1.82. The van der Waals surface area contributed by atoms with Crippen LogP contribution in [0.1, 0.15) is 15.9 Å². The number of hydrogen-bond acceptors (Lipinski definition) is 3. The Morgan fingerprint density at radius 3 is 2.86 bits per heavy atom. The molecular formula is C15H12FN3O2. The van der Waals surface area contributed by atoms with Gasteiger partial charge in [-0.2, -0.15) is 0 Å². The van der Waals surface area contributed by atoms with E-state index >= 15 is 0 Å². The summed E-state index contributed by atoms with van der Waals surface area (Å²) in [6, 6.07) is 9.85. The molecule has 0 spiro atoms. The number of pyridine rings is 1. The maximum absolute atomic E-state index is 13.4. The number of carbonyl (C=O) groups is 2. The van der Waals surface area contributed by atoms with Crippen LogP contribution in [0, 0.1) is 5.82 Å². The molecule has 21 heavy (non-hydrogen) atoms. The van der Waals surface area contributed by atoms with Gasteiger partial charge in [0.25, 0.3) is 5.91 Å². The number of carbonyl (C=O) groups excluding carboxylic acids is 2. The van der Waals surface area contributed by atoms with Crippen molar-refractivity contribution in [3.8, 4) is 0 Å². The Balaban J connectivity index is 1.67. The van der Waals surface area contributed by atoms with Crippen LogP contribution in [-0.4, -0.2) is 28.2 Å². The fourth-order valence-corrected chi connectivity index (χ4v) is 2.26. The minimum absolute atomic E-state index is 0.133. The summed E-state index contributed by atoms with van der Waals surface area (Å²) in [6.45, 7) is 0.247. The van der Waals surface area contributed by atoms with Crippen molar-refractivity contribution in [1.29, 1.82) is 0 Å². The molecule has 2 heterocycles. The van der Waals surface area contributed by atoms with Crippen LogP contribution < -0.4 is 5.32 Å². The van der Waals surface area contributed by atoms with Crippen LogP contribution in [0.2, 0.25) is 0 Å². The monoisotopic (exact) mass is 285 g/mol. The highest BCUT2D eigenvalue weighted by atomic mass is 19.1. The Morgan fingerprint density at radius 1 is 1.29 bits per heavy atom. The summed E-state index contributed by atoms with van der Waals surface area (Å²) in [4.78, 5) is 29.2. The summed E-state index contributed by atoms with van der Waals surface area (Å²) in [5.74, 6) is -1.41. The van der Waals surface area contributed by atoms with Gasteiger partial charge in [0.1, 0.15) is 6.54 Å². The lowest BCUT2D eigenvalue weighted by Crippen LogP contribution is -2.33. The summed E-state index contributed by atoms with van der Waals surface area (Å²) in [6.07, 6.45) is 1.38. The molecule has 0 saturated heterocycles. The number of nitrogens with one attached hydrogen (secondary N) is 1. The molecule has 0 fully saturated rings. The largest absolute Gasteiger partial charge is 0.325 e. The van der Waals surface area contributed by atoms with Crippen LogP contribution in [0.15, 0.2) is 42.6 Å². The van der Waals surface area contributed by atoms with Crippen molar-refractivity contribution in [2.24, 2.45) is 0 Å². The van der Waals surface area contributed by atoms with E-state index < -0.39 is 11.7 Å².